The minimum Gasteiger partial charge on any atom is -0.326 e. The number of nitrogens with one attached hydrogen (secondary N) is 1. The van der Waals surface area contributed by atoms with Gasteiger partial charge >= 0.3 is 0 Å². The fourth-order valence-electron chi connectivity index (χ4n) is 1.50. The van der Waals surface area contributed by atoms with Crippen molar-refractivity contribution in [3.05, 3.63) is 35.4 Å². The van der Waals surface area contributed by atoms with Gasteiger partial charge in [0.1, 0.15) is 9.84 Å². The van der Waals surface area contributed by atoms with Crippen molar-refractivity contribution < 1.29 is 16.8 Å². The third-order valence-electron chi connectivity index (χ3n) is 2.38. The Bertz CT molecular complexity index is 624. The van der Waals surface area contributed by atoms with Crippen molar-refractivity contribution in [3.8, 4) is 0 Å². The van der Waals surface area contributed by atoms with E-state index in [1.54, 1.807) is 18.2 Å². The summed E-state index contributed by atoms with van der Waals surface area (Å²) in [6.45, 7) is 0.229. The van der Waals surface area contributed by atoms with Gasteiger partial charge in [-0.15, -0.1) is 0 Å². The van der Waals surface area contributed by atoms with Crippen LogP contribution in [-0.4, -0.2) is 35.4 Å². The monoisotopic (exact) mass is 306 g/mol. The lowest BCUT2D eigenvalue weighted by atomic mass is 10.1. The SMILES string of the molecule is CS(=O)(=O)CCNS(=O)(=O)Cc1cccc(CN)c1. The predicted octanol–water partition coefficient (Wildman–Crippen LogP) is -0.391. The van der Waals surface area contributed by atoms with Crippen molar-refractivity contribution in [1.82, 2.24) is 4.72 Å². The molecule has 0 radical (unpaired) electrons. The first kappa shape index (κ1) is 16.1. The number of hydrogen-bond acceptors (Lipinski definition) is 5. The molecule has 0 bridgehead atoms. The van der Waals surface area contributed by atoms with Crippen LogP contribution in [0.4, 0.5) is 0 Å². The summed E-state index contributed by atoms with van der Waals surface area (Å²) in [5.41, 5.74) is 6.95. The molecule has 0 saturated heterocycles. The van der Waals surface area contributed by atoms with Crippen LogP contribution in [0.25, 0.3) is 0 Å². The van der Waals surface area contributed by atoms with Crippen LogP contribution in [0.1, 0.15) is 11.1 Å². The Hall–Kier alpha value is -0.960. The number of sulfone groups is 1. The van der Waals surface area contributed by atoms with Crippen LogP contribution in [-0.2, 0) is 32.2 Å². The zero-order valence-electron chi connectivity index (χ0n) is 10.7. The molecule has 19 heavy (non-hydrogen) atoms. The second-order valence-electron chi connectivity index (χ2n) is 4.31. The normalized spacial score (nSPS) is 12.5. The summed E-state index contributed by atoms with van der Waals surface area (Å²) in [6, 6.07) is 6.96. The lowest BCUT2D eigenvalue weighted by molar-refractivity contribution is 0.581. The largest absolute Gasteiger partial charge is 0.326 e. The molecule has 6 nitrogen and oxygen atoms in total. The van der Waals surface area contributed by atoms with E-state index in [2.05, 4.69) is 4.72 Å². The molecule has 1 aromatic rings. The molecule has 1 aromatic carbocycles. The van der Waals surface area contributed by atoms with E-state index >= 15 is 0 Å². The van der Waals surface area contributed by atoms with E-state index in [0.717, 1.165) is 11.8 Å². The smallest absolute Gasteiger partial charge is 0.215 e. The van der Waals surface area contributed by atoms with Crippen LogP contribution >= 0.6 is 0 Å². The standard InChI is InChI=1S/C11H18N2O4S2/c1-18(14,15)6-5-13-19(16,17)9-11-4-2-3-10(7-11)8-12/h2-4,7,13H,5-6,8-9,12H2,1H3. The van der Waals surface area contributed by atoms with E-state index in [4.69, 9.17) is 5.73 Å². The van der Waals surface area contributed by atoms with Gasteiger partial charge in [0, 0.05) is 19.3 Å². The molecule has 0 aromatic heterocycles. The Morgan fingerprint density at radius 1 is 1.16 bits per heavy atom. The van der Waals surface area contributed by atoms with Gasteiger partial charge in [-0.2, -0.15) is 0 Å². The molecular weight excluding hydrogens is 288 g/mol. The summed E-state index contributed by atoms with van der Waals surface area (Å²) < 4.78 is 47.6. The van der Waals surface area contributed by atoms with Gasteiger partial charge in [-0.05, 0) is 11.1 Å². The molecule has 0 spiro atoms. The van der Waals surface area contributed by atoms with Crippen molar-refractivity contribution in [3.63, 3.8) is 0 Å². The summed E-state index contributed by atoms with van der Waals surface area (Å²) in [4.78, 5) is 0. The first-order valence-corrected chi connectivity index (χ1v) is 9.36. The number of hydrogen-bond donors (Lipinski definition) is 2. The van der Waals surface area contributed by atoms with Gasteiger partial charge in [0.05, 0.1) is 11.5 Å². The highest BCUT2D eigenvalue weighted by atomic mass is 32.2. The minimum absolute atomic E-state index is 0.113. The molecule has 0 aliphatic heterocycles. The van der Waals surface area contributed by atoms with E-state index in [1.165, 1.54) is 0 Å². The molecule has 0 atom stereocenters. The molecule has 0 aliphatic carbocycles. The molecule has 0 heterocycles. The molecule has 8 heteroatoms. The fourth-order valence-corrected chi connectivity index (χ4v) is 3.24. The summed E-state index contributed by atoms with van der Waals surface area (Å²) in [5.74, 6) is -0.403. The van der Waals surface area contributed by atoms with Crippen LogP contribution in [0.15, 0.2) is 24.3 Å². The highest BCUT2D eigenvalue weighted by molar-refractivity contribution is 7.91. The van der Waals surface area contributed by atoms with Gasteiger partial charge < -0.3 is 5.73 Å². The van der Waals surface area contributed by atoms with Crippen LogP contribution in [0.3, 0.4) is 0 Å². The topological polar surface area (TPSA) is 106 Å². The molecule has 108 valence electrons. The summed E-state index contributed by atoms with van der Waals surface area (Å²) in [6.07, 6.45) is 1.06. The Morgan fingerprint density at radius 3 is 2.37 bits per heavy atom. The molecule has 0 aliphatic rings. The van der Waals surface area contributed by atoms with Gasteiger partial charge in [0.15, 0.2) is 0 Å². The highest BCUT2D eigenvalue weighted by Crippen LogP contribution is 2.08. The van der Waals surface area contributed by atoms with Gasteiger partial charge in [-0.25, -0.2) is 21.6 Å². The zero-order chi connectivity index (χ0) is 14.5. The zero-order valence-corrected chi connectivity index (χ0v) is 12.3. The fraction of sp³-hybridized carbons (Fsp3) is 0.455. The molecule has 0 saturated carbocycles. The quantitative estimate of drug-likeness (QED) is 0.713. The molecule has 1 rings (SSSR count). The van der Waals surface area contributed by atoms with E-state index in [1.807, 2.05) is 6.07 Å². The first-order valence-electron chi connectivity index (χ1n) is 5.65. The summed E-state index contributed by atoms with van der Waals surface area (Å²) in [7, 11) is -6.71. The van der Waals surface area contributed by atoms with Crippen molar-refractivity contribution in [2.75, 3.05) is 18.6 Å². The number of benzene rings is 1. The van der Waals surface area contributed by atoms with Crippen molar-refractivity contribution >= 4 is 19.9 Å². The maximum Gasteiger partial charge on any atom is 0.215 e. The van der Waals surface area contributed by atoms with Gasteiger partial charge in [-0.3, -0.25) is 0 Å². The Kier molecular flexibility index (Phi) is 5.48. The number of sulfonamides is 1. The molecule has 0 amide bonds. The molecular formula is C11H18N2O4S2. The third-order valence-corrected chi connectivity index (χ3v) is 4.68. The molecule has 3 N–H and O–H groups in total. The van der Waals surface area contributed by atoms with E-state index < -0.39 is 19.9 Å². The number of nitrogens with two attached hydrogens (primary N) is 1. The Morgan fingerprint density at radius 2 is 1.79 bits per heavy atom. The predicted molar refractivity (Wildman–Crippen MR) is 74.7 cm³/mol. The van der Waals surface area contributed by atoms with Crippen LogP contribution in [0.2, 0.25) is 0 Å². The maximum absolute atomic E-state index is 11.7. The average molecular weight is 306 g/mol. The third kappa shape index (κ3) is 6.67. The summed E-state index contributed by atoms with van der Waals surface area (Å²) >= 11 is 0. The second kappa shape index (κ2) is 6.47. The van der Waals surface area contributed by atoms with Crippen LogP contribution < -0.4 is 10.5 Å². The van der Waals surface area contributed by atoms with Crippen molar-refractivity contribution in [1.29, 1.82) is 0 Å². The number of rotatable bonds is 7. The van der Waals surface area contributed by atoms with Crippen LogP contribution in [0.5, 0.6) is 0 Å². The van der Waals surface area contributed by atoms with Gasteiger partial charge in [0.2, 0.25) is 10.0 Å². The van der Waals surface area contributed by atoms with E-state index in [-0.39, 0.29) is 18.1 Å². The lowest BCUT2D eigenvalue weighted by Crippen LogP contribution is -2.30. The maximum atomic E-state index is 11.7. The molecule has 0 unspecified atom stereocenters. The van der Waals surface area contributed by atoms with E-state index in [9.17, 15) is 16.8 Å². The lowest BCUT2D eigenvalue weighted by Gasteiger charge is -2.07. The van der Waals surface area contributed by atoms with E-state index in [0.29, 0.717) is 12.1 Å². The van der Waals surface area contributed by atoms with Gasteiger partial charge in [-0.1, -0.05) is 24.3 Å². The van der Waals surface area contributed by atoms with Crippen molar-refractivity contribution in [2.45, 2.75) is 12.3 Å². The first-order chi connectivity index (χ1) is 8.72. The minimum atomic E-state index is -3.54. The second-order valence-corrected chi connectivity index (χ2v) is 8.37. The molecule has 0 fully saturated rings. The summed E-state index contributed by atoms with van der Waals surface area (Å²) in [5, 5.41) is 0. The Balaban J connectivity index is 2.63. The van der Waals surface area contributed by atoms with Gasteiger partial charge in [0.25, 0.3) is 0 Å². The van der Waals surface area contributed by atoms with Crippen LogP contribution in [0, 0.1) is 0 Å². The Labute approximate surface area is 114 Å². The highest BCUT2D eigenvalue weighted by Gasteiger charge is 2.12. The van der Waals surface area contributed by atoms with Crippen molar-refractivity contribution in [2.24, 2.45) is 5.73 Å². The average Bonchev–Trinajstić information content (AvgIpc) is 2.26.